The van der Waals surface area contributed by atoms with Gasteiger partial charge in [-0.05, 0) is 56.5 Å². The highest BCUT2D eigenvalue weighted by atomic mass is 35.5. The second-order valence-corrected chi connectivity index (χ2v) is 6.22. The molecule has 0 radical (unpaired) electrons. The zero-order chi connectivity index (χ0) is 15.2. The van der Waals surface area contributed by atoms with Crippen molar-refractivity contribution in [3.63, 3.8) is 0 Å². The highest BCUT2D eigenvalue weighted by molar-refractivity contribution is 6.30. The minimum absolute atomic E-state index is 0.456. The maximum atomic E-state index is 5.96. The van der Waals surface area contributed by atoms with E-state index in [2.05, 4.69) is 56.4 Å². The van der Waals surface area contributed by atoms with Crippen LogP contribution in [0.5, 0.6) is 0 Å². The van der Waals surface area contributed by atoms with Crippen molar-refractivity contribution < 1.29 is 0 Å². The molecule has 0 aliphatic rings. The topological polar surface area (TPSA) is 12.0 Å². The van der Waals surface area contributed by atoms with Crippen molar-refractivity contribution in [2.75, 3.05) is 6.54 Å². The first-order chi connectivity index (χ1) is 10.1. The van der Waals surface area contributed by atoms with Crippen LogP contribution in [0.2, 0.25) is 5.02 Å². The van der Waals surface area contributed by atoms with Gasteiger partial charge in [0.2, 0.25) is 0 Å². The predicted octanol–water partition coefficient (Wildman–Crippen LogP) is 4.72. The van der Waals surface area contributed by atoms with Gasteiger partial charge in [0.25, 0.3) is 0 Å². The number of likely N-dealkylation sites (N-methyl/N-ethyl adjacent to an activating group) is 1. The first-order valence-corrected chi connectivity index (χ1v) is 7.99. The maximum Gasteiger partial charge on any atom is 0.0406 e. The van der Waals surface area contributed by atoms with E-state index in [0.29, 0.717) is 6.04 Å². The number of hydrogen-bond donors (Lipinski definition) is 1. The van der Waals surface area contributed by atoms with E-state index in [-0.39, 0.29) is 0 Å². The molecule has 0 amide bonds. The molecule has 1 unspecified atom stereocenters. The second-order valence-electron chi connectivity index (χ2n) is 5.79. The van der Waals surface area contributed by atoms with Gasteiger partial charge in [0.1, 0.15) is 0 Å². The molecule has 1 atom stereocenters. The summed E-state index contributed by atoms with van der Waals surface area (Å²) in [6.45, 7) is 7.48. The molecule has 2 aromatic rings. The minimum atomic E-state index is 0.456. The van der Waals surface area contributed by atoms with Gasteiger partial charge in [-0.15, -0.1) is 0 Å². The lowest BCUT2D eigenvalue weighted by Gasteiger charge is -2.19. The largest absolute Gasteiger partial charge is 0.314 e. The lowest BCUT2D eigenvalue weighted by molar-refractivity contribution is 0.521. The Labute approximate surface area is 133 Å². The quantitative estimate of drug-likeness (QED) is 0.814. The molecule has 2 aromatic carbocycles. The van der Waals surface area contributed by atoms with Gasteiger partial charge in [0.15, 0.2) is 0 Å². The Balaban J connectivity index is 2.09. The predicted molar refractivity (Wildman–Crippen MR) is 92.2 cm³/mol. The third-order valence-corrected chi connectivity index (χ3v) is 3.90. The molecule has 21 heavy (non-hydrogen) atoms. The average molecular weight is 302 g/mol. The Kier molecular flexibility index (Phi) is 5.84. The molecule has 1 nitrogen and oxygen atoms in total. The van der Waals surface area contributed by atoms with Crippen molar-refractivity contribution >= 4 is 11.6 Å². The fourth-order valence-corrected chi connectivity index (χ4v) is 3.01. The van der Waals surface area contributed by atoms with Gasteiger partial charge in [0, 0.05) is 11.1 Å². The van der Waals surface area contributed by atoms with Crippen LogP contribution in [0.3, 0.4) is 0 Å². The van der Waals surface area contributed by atoms with Gasteiger partial charge in [0.05, 0.1) is 0 Å². The molecule has 1 N–H and O–H groups in total. The molecule has 0 heterocycles. The van der Waals surface area contributed by atoms with Gasteiger partial charge in [-0.3, -0.25) is 0 Å². The summed E-state index contributed by atoms with van der Waals surface area (Å²) in [7, 11) is 0. The van der Waals surface area contributed by atoms with Crippen molar-refractivity contribution in [3.05, 3.63) is 69.7 Å². The van der Waals surface area contributed by atoms with E-state index >= 15 is 0 Å². The van der Waals surface area contributed by atoms with E-state index in [1.54, 1.807) is 0 Å². The summed E-state index contributed by atoms with van der Waals surface area (Å²) in [6, 6.07) is 15.4. The normalized spacial score (nSPS) is 12.4. The Bertz CT molecular complexity index is 554. The third-order valence-electron chi connectivity index (χ3n) is 3.65. The SMILES string of the molecule is CCNC(Cc1ccc(Cl)cc1)Cc1cc(C)cc(C)c1. The molecular weight excluding hydrogens is 278 g/mol. The zero-order valence-electron chi connectivity index (χ0n) is 13.1. The van der Waals surface area contributed by atoms with E-state index in [1.807, 2.05) is 12.1 Å². The summed E-state index contributed by atoms with van der Waals surface area (Å²) in [5.41, 5.74) is 5.42. The van der Waals surface area contributed by atoms with Crippen LogP contribution in [0.1, 0.15) is 29.2 Å². The smallest absolute Gasteiger partial charge is 0.0406 e. The molecular formula is C19H24ClN. The zero-order valence-corrected chi connectivity index (χ0v) is 13.9. The van der Waals surface area contributed by atoms with Gasteiger partial charge in [-0.1, -0.05) is 60.0 Å². The first kappa shape index (κ1) is 16.1. The van der Waals surface area contributed by atoms with Crippen LogP contribution < -0.4 is 5.32 Å². The van der Waals surface area contributed by atoms with Crippen LogP contribution in [0.4, 0.5) is 0 Å². The molecule has 0 saturated heterocycles. The van der Waals surface area contributed by atoms with E-state index < -0.39 is 0 Å². The lowest BCUT2D eigenvalue weighted by Crippen LogP contribution is -2.33. The van der Waals surface area contributed by atoms with Crippen LogP contribution in [-0.4, -0.2) is 12.6 Å². The standard InChI is InChI=1S/C19H24ClN/c1-4-21-19(12-16-5-7-18(20)8-6-16)13-17-10-14(2)9-15(3)11-17/h5-11,19,21H,4,12-13H2,1-3H3. The Morgan fingerprint density at radius 3 is 2.05 bits per heavy atom. The fourth-order valence-electron chi connectivity index (χ4n) is 2.88. The highest BCUT2D eigenvalue weighted by Crippen LogP contribution is 2.15. The van der Waals surface area contributed by atoms with Crippen LogP contribution in [0.15, 0.2) is 42.5 Å². The molecule has 0 saturated carbocycles. The minimum Gasteiger partial charge on any atom is -0.314 e. The van der Waals surface area contributed by atoms with Gasteiger partial charge in [-0.2, -0.15) is 0 Å². The van der Waals surface area contributed by atoms with Crippen LogP contribution in [-0.2, 0) is 12.8 Å². The van der Waals surface area contributed by atoms with E-state index in [1.165, 1.54) is 22.3 Å². The number of aryl methyl sites for hydroxylation is 2. The Morgan fingerprint density at radius 2 is 1.48 bits per heavy atom. The summed E-state index contributed by atoms with van der Waals surface area (Å²) in [5, 5.41) is 4.40. The van der Waals surface area contributed by atoms with E-state index in [4.69, 9.17) is 11.6 Å². The number of rotatable bonds is 6. The van der Waals surface area contributed by atoms with Crippen LogP contribution >= 0.6 is 11.6 Å². The summed E-state index contributed by atoms with van der Waals surface area (Å²) in [5.74, 6) is 0. The number of nitrogens with one attached hydrogen (secondary N) is 1. The van der Waals surface area contributed by atoms with Gasteiger partial charge >= 0.3 is 0 Å². The number of halogens is 1. The van der Waals surface area contributed by atoms with Crippen LogP contribution in [0.25, 0.3) is 0 Å². The van der Waals surface area contributed by atoms with Gasteiger partial charge < -0.3 is 5.32 Å². The Morgan fingerprint density at radius 1 is 0.905 bits per heavy atom. The molecule has 0 aliphatic carbocycles. The molecule has 0 spiro atoms. The fraction of sp³-hybridized carbons (Fsp3) is 0.368. The number of hydrogen-bond acceptors (Lipinski definition) is 1. The molecule has 0 bridgehead atoms. The van der Waals surface area contributed by atoms with Crippen molar-refractivity contribution in [1.29, 1.82) is 0 Å². The molecule has 112 valence electrons. The molecule has 0 aliphatic heterocycles. The first-order valence-electron chi connectivity index (χ1n) is 7.62. The monoisotopic (exact) mass is 301 g/mol. The molecule has 2 heteroatoms. The third kappa shape index (κ3) is 5.18. The number of benzene rings is 2. The van der Waals surface area contributed by atoms with Crippen molar-refractivity contribution in [1.82, 2.24) is 5.32 Å². The summed E-state index contributed by atoms with van der Waals surface area (Å²) < 4.78 is 0. The van der Waals surface area contributed by atoms with Crippen molar-refractivity contribution in [2.24, 2.45) is 0 Å². The van der Waals surface area contributed by atoms with Gasteiger partial charge in [-0.25, -0.2) is 0 Å². The highest BCUT2D eigenvalue weighted by Gasteiger charge is 2.10. The van der Waals surface area contributed by atoms with Crippen molar-refractivity contribution in [2.45, 2.75) is 39.7 Å². The average Bonchev–Trinajstić information content (AvgIpc) is 2.40. The lowest BCUT2D eigenvalue weighted by atomic mass is 9.97. The van der Waals surface area contributed by atoms with E-state index in [0.717, 1.165) is 24.4 Å². The molecule has 2 rings (SSSR count). The Hall–Kier alpha value is -1.31. The van der Waals surface area contributed by atoms with Crippen molar-refractivity contribution in [3.8, 4) is 0 Å². The summed E-state index contributed by atoms with van der Waals surface area (Å²) >= 11 is 5.96. The van der Waals surface area contributed by atoms with E-state index in [9.17, 15) is 0 Å². The van der Waals surface area contributed by atoms with Crippen LogP contribution in [0, 0.1) is 13.8 Å². The maximum absolute atomic E-state index is 5.96. The summed E-state index contributed by atoms with van der Waals surface area (Å²) in [6.07, 6.45) is 2.08. The second kappa shape index (κ2) is 7.63. The molecule has 0 aromatic heterocycles. The summed E-state index contributed by atoms with van der Waals surface area (Å²) in [4.78, 5) is 0. The molecule has 0 fully saturated rings.